The van der Waals surface area contributed by atoms with Crippen LogP contribution in [-0.2, 0) is 30.4 Å². The lowest BCUT2D eigenvalue weighted by Crippen LogP contribution is -2.27. The molecular formula is C53H46N4O8. The van der Waals surface area contributed by atoms with Crippen LogP contribution in [0.3, 0.4) is 0 Å². The van der Waals surface area contributed by atoms with Gasteiger partial charge in [-0.2, -0.15) is 0 Å². The van der Waals surface area contributed by atoms with Crippen LogP contribution in [0, 0.1) is 0 Å². The molecule has 1 amide bonds. The fourth-order valence-corrected chi connectivity index (χ4v) is 8.22. The summed E-state index contributed by atoms with van der Waals surface area (Å²) in [5.74, 6) is 1.50. The van der Waals surface area contributed by atoms with Crippen molar-refractivity contribution in [3.63, 3.8) is 0 Å². The first-order valence-corrected chi connectivity index (χ1v) is 21.3. The van der Waals surface area contributed by atoms with Crippen molar-refractivity contribution in [3.05, 3.63) is 196 Å². The Hall–Kier alpha value is -8.09. The topological polar surface area (TPSA) is 179 Å². The number of aromatic nitrogens is 3. The molecule has 0 fully saturated rings. The lowest BCUT2D eigenvalue weighted by molar-refractivity contribution is 0.0865. The first-order valence-electron chi connectivity index (χ1n) is 21.3. The van der Waals surface area contributed by atoms with Gasteiger partial charge in [0, 0.05) is 37.8 Å². The van der Waals surface area contributed by atoms with E-state index in [0.717, 1.165) is 11.1 Å². The van der Waals surface area contributed by atoms with Gasteiger partial charge in [0.2, 0.25) is 0 Å². The Morgan fingerprint density at radius 1 is 0.523 bits per heavy atom. The number of rotatable bonds is 11. The van der Waals surface area contributed by atoms with Crippen molar-refractivity contribution in [3.8, 4) is 63.0 Å². The predicted molar refractivity (Wildman–Crippen MR) is 246 cm³/mol. The Morgan fingerprint density at radius 3 is 1.49 bits per heavy atom. The molecule has 12 heteroatoms. The third-order valence-electron chi connectivity index (χ3n) is 11.6. The molecule has 0 atom stereocenters. The number of carbonyl (C=O) groups excluding carboxylic acids is 1. The van der Waals surface area contributed by atoms with Crippen LogP contribution in [0.1, 0.15) is 54.9 Å². The molecule has 1 aliphatic carbocycles. The van der Waals surface area contributed by atoms with Crippen molar-refractivity contribution >= 4 is 5.91 Å². The van der Waals surface area contributed by atoms with Crippen molar-refractivity contribution in [1.29, 1.82) is 0 Å². The highest BCUT2D eigenvalue weighted by atomic mass is 16.5. The van der Waals surface area contributed by atoms with Crippen LogP contribution >= 0.6 is 0 Å². The number of hydrogen-bond donors (Lipinski definition) is 6. The number of benzene rings is 7. The van der Waals surface area contributed by atoms with Crippen molar-refractivity contribution in [2.45, 2.75) is 25.7 Å². The number of nitrogens with one attached hydrogen (secondary N) is 1. The number of aromatic hydroxyl groups is 5. The highest BCUT2D eigenvalue weighted by Gasteiger charge is 2.21. The second-order valence-electron chi connectivity index (χ2n) is 15.9. The number of amides is 1. The van der Waals surface area contributed by atoms with E-state index >= 15 is 0 Å². The summed E-state index contributed by atoms with van der Waals surface area (Å²) in [5, 5.41) is 63.0. The van der Waals surface area contributed by atoms with E-state index in [1.165, 1.54) is 0 Å². The maximum Gasteiger partial charge on any atom is 0.251 e. The van der Waals surface area contributed by atoms with Gasteiger partial charge in [-0.15, -0.1) is 5.10 Å². The third-order valence-corrected chi connectivity index (χ3v) is 11.6. The minimum atomic E-state index is -0.292. The number of phenols is 5. The summed E-state index contributed by atoms with van der Waals surface area (Å²) >= 11 is 0. The second kappa shape index (κ2) is 18.7. The number of para-hydroxylation sites is 6. The van der Waals surface area contributed by atoms with Gasteiger partial charge in [-0.3, -0.25) is 4.79 Å². The molecule has 1 heterocycles. The molecule has 12 nitrogen and oxygen atoms in total. The summed E-state index contributed by atoms with van der Waals surface area (Å²) in [6.07, 6.45) is 1.42. The Labute approximate surface area is 375 Å². The zero-order chi connectivity index (χ0) is 44.9. The van der Waals surface area contributed by atoms with Gasteiger partial charge in [-0.1, -0.05) is 97.1 Å². The fourth-order valence-electron chi connectivity index (χ4n) is 8.22. The van der Waals surface area contributed by atoms with E-state index < -0.39 is 0 Å². The fraction of sp³-hybridized carbons (Fsp3) is 0.151. The monoisotopic (exact) mass is 866 g/mol. The normalized spacial score (nSPS) is 12.1. The second-order valence-corrected chi connectivity index (χ2v) is 15.9. The van der Waals surface area contributed by atoms with Crippen LogP contribution in [0.4, 0.5) is 0 Å². The van der Waals surface area contributed by atoms with E-state index in [1.807, 2.05) is 72.8 Å². The average molecular weight is 867 g/mol. The molecule has 0 aliphatic heterocycles. The van der Waals surface area contributed by atoms with Crippen LogP contribution in [0.5, 0.6) is 34.5 Å². The Balaban J connectivity index is 0.855. The summed E-state index contributed by atoms with van der Waals surface area (Å²) < 4.78 is 13.9. The molecule has 9 rings (SSSR count). The summed E-state index contributed by atoms with van der Waals surface area (Å²) in [6.45, 7) is 0.932. The number of ether oxygens (including phenoxy) is 2. The van der Waals surface area contributed by atoms with E-state index in [9.17, 15) is 30.3 Å². The zero-order valence-electron chi connectivity index (χ0n) is 35.3. The highest BCUT2D eigenvalue weighted by Crippen LogP contribution is 2.38. The summed E-state index contributed by atoms with van der Waals surface area (Å²) in [5.41, 5.74) is 7.79. The molecular weight excluding hydrogens is 821 g/mol. The van der Waals surface area contributed by atoms with Gasteiger partial charge < -0.3 is 40.3 Å². The molecule has 8 aromatic rings. The van der Waals surface area contributed by atoms with Gasteiger partial charge in [-0.05, 0) is 93.0 Å². The van der Waals surface area contributed by atoms with E-state index in [2.05, 4.69) is 15.4 Å². The summed E-state index contributed by atoms with van der Waals surface area (Å²) in [7, 11) is 0. The quantitative estimate of drug-likeness (QED) is 0.0690. The van der Waals surface area contributed by atoms with Gasteiger partial charge in [-0.25, -0.2) is 9.67 Å². The van der Waals surface area contributed by atoms with Crippen LogP contribution in [0.25, 0.3) is 28.5 Å². The lowest BCUT2D eigenvalue weighted by atomic mass is 9.91. The van der Waals surface area contributed by atoms with E-state index in [0.29, 0.717) is 93.0 Å². The zero-order valence-corrected chi connectivity index (χ0v) is 35.3. The Kier molecular flexibility index (Phi) is 12.2. The Bertz CT molecular complexity index is 2920. The molecule has 65 heavy (non-hydrogen) atoms. The van der Waals surface area contributed by atoms with Gasteiger partial charge in [0.1, 0.15) is 41.1 Å². The smallest absolute Gasteiger partial charge is 0.251 e. The number of phenolic OH excluding ortho intramolecular Hbond substituents is 5. The molecule has 0 saturated heterocycles. The van der Waals surface area contributed by atoms with E-state index in [-0.39, 0.29) is 66.8 Å². The number of hydrogen-bond acceptors (Lipinski definition) is 10. The SMILES string of the molecule is O=C(NCCOCCOc1c2cccc1Cc1cccc(c1O)Cc1cccc(c1O)Cc1cccc(c1O)C2)c1ccc(-n2nc(-c3ccccc3O)nc2-c2ccccc2O)cc1. The predicted octanol–water partition coefficient (Wildman–Crippen LogP) is 8.63. The maximum absolute atomic E-state index is 13.2. The highest BCUT2D eigenvalue weighted by molar-refractivity contribution is 5.94. The number of nitrogens with zero attached hydrogens (tertiary/aromatic N) is 3. The summed E-state index contributed by atoms with van der Waals surface area (Å²) in [6, 6.07) is 43.1. The number of fused-ring (bicyclic) bond motifs is 8. The molecule has 1 aromatic heterocycles. The molecule has 0 unspecified atom stereocenters. The van der Waals surface area contributed by atoms with Crippen LogP contribution in [0.15, 0.2) is 146 Å². The van der Waals surface area contributed by atoms with Gasteiger partial charge >= 0.3 is 0 Å². The van der Waals surface area contributed by atoms with Crippen molar-refractivity contribution in [2.75, 3.05) is 26.4 Å². The molecule has 8 bridgehead atoms. The molecule has 7 aromatic carbocycles. The van der Waals surface area contributed by atoms with Crippen molar-refractivity contribution in [2.24, 2.45) is 0 Å². The number of carbonyl (C=O) groups is 1. The minimum Gasteiger partial charge on any atom is -0.507 e. The third kappa shape index (κ3) is 9.06. The Morgan fingerprint density at radius 2 is 0.985 bits per heavy atom. The van der Waals surface area contributed by atoms with Crippen LogP contribution in [0.2, 0.25) is 0 Å². The van der Waals surface area contributed by atoms with Crippen LogP contribution in [-0.4, -0.2) is 72.6 Å². The van der Waals surface area contributed by atoms with Crippen molar-refractivity contribution < 1.29 is 39.8 Å². The molecule has 0 saturated carbocycles. The maximum atomic E-state index is 13.2. The molecule has 0 spiro atoms. The standard InChI is InChI=1S/C53H46N4O8/c58-45-19-3-1-17-43(45)51-55-52(44-18-2-4-20-46(44)59)57(56-51)42-23-21-33(22-24-42)53(63)54-25-26-64-27-28-65-50-40-15-8-16-41(50)32-39-14-7-12-37(49(39)62)30-35-10-5-9-34(47(35)60)29-36-11-6-13-38(31-40)48(36)61/h1-24,58-62H,25-32H2,(H,54,63). The largest absolute Gasteiger partial charge is 0.507 e. The van der Waals surface area contributed by atoms with Gasteiger partial charge in [0.05, 0.1) is 30.0 Å². The molecule has 326 valence electrons. The molecule has 0 radical (unpaired) electrons. The summed E-state index contributed by atoms with van der Waals surface area (Å²) in [4.78, 5) is 17.8. The first kappa shape index (κ1) is 42.2. The lowest BCUT2D eigenvalue weighted by Gasteiger charge is -2.19. The van der Waals surface area contributed by atoms with Crippen LogP contribution < -0.4 is 10.1 Å². The van der Waals surface area contributed by atoms with E-state index in [4.69, 9.17) is 9.47 Å². The minimum absolute atomic E-state index is 0.0197. The van der Waals surface area contributed by atoms with Gasteiger partial charge in [0.15, 0.2) is 11.6 Å². The van der Waals surface area contributed by atoms with E-state index in [1.54, 1.807) is 77.5 Å². The average Bonchev–Trinajstić information content (AvgIpc) is 3.75. The van der Waals surface area contributed by atoms with Crippen molar-refractivity contribution in [1.82, 2.24) is 20.1 Å². The van der Waals surface area contributed by atoms with Gasteiger partial charge in [0.25, 0.3) is 5.91 Å². The molecule has 6 N–H and O–H groups in total. The molecule has 1 aliphatic rings. The first-order chi connectivity index (χ1) is 31.7.